The minimum Gasteiger partial charge on any atom is -0.396 e. The van der Waals surface area contributed by atoms with Crippen LogP contribution >= 0.6 is 15.9 Å². The average Bonchev–Trinajstić information content (AvgIpc) is 2.30. The number of carbonyl (C=O) groups excluding carboxylic acids is 1. The molecule has 0 saturated carbocycles. The van der Waals surface area contributed by atoms with Crippen LogP contribution in [0.5, 0.6) is 0 Å². The molecule has 0 aliphatic heterocycles. The number of carbonyl (C=O) groups is 1. The SMILES string of the molecule is CC(CCO)CNC(=O)Nc1ccc(Br)cc1. The van der Waals surface area contributed by atoms with E-state index < -0.39 is 0 Å². The van der Waals surface area contributed by atoms with Crippen LogP contribution in [-0.2, 0) is 0 Å². The highest BCUT2D eigenvalue weighted by Crippen LogP contribution is 2.13. The van der Waals surface area contributed by atoms with Crippen molar-refractivity contribution in [2.75, 3.05) is 18.5 Å². The van der Waals surface area contributed by atoms with Crippen LogP contribution in [0.1, 0.15) is 13.3 Å². The normalized spacial score (nSPS) is 11.9. The first-order chi connectivity index (χ1) is 8.11. The number of halogens is 1. The standard InChI is InChI=1S/C12H17BrN2O2/c1-9(6-7-16)8-14-12(17)15-11-4-2-10(13)3-5-11/h2-5,9,16H,6-8H2,1H3,(H2,14,15,17). The van der Waals surface area contributed by atoms with E-state index in [9.17, 15) is 4.79 Å². The number of hydrogen-bond acceptors (Lipinski definition) is 2. The van der Waals surface area contributed by atoms with Gasteiger partial charge >= 0.3 is 6.03 Å². The zero-order valence-corrected chi connectivity index (χ0v) is 11.3. The third kappa shape index (κ3) is 5.70. The maximum Gasteiger partial charge on any atom is 0.319 e. The van der Waals surface area contributed by atoms with Crippen LogP contribution in [0.25, 0.3) is 0 Å². The van der Waals surface area contributed by atoms with E-state index in [1.807, 2.05) is 31.2 Å². The van der Waals surface area contributed by atoms with Gasteiger partial charge in [-0.3, -0.25) is 0 Å². The van der Waals surface area contributed by atoms with Gasteiger partial charge < -0.3 is 15.7 Å². The van der Waals surface area contributed by atoms with Crippen molar-refractivity contribution in [1.82, 2.24) is 5.32 Å². The van der Waals surface area contributed by atoms with E-state index in [2.05, 4.69) is 26.6 Å². The molecular formula is C12H17BrN2O2. The van der Waals surface area contributed by atoms with E-state index in [1.165, 1.54) is 0 Å². The van der Waals surface area contributed by atoms with Gasteiger partial charge in [-0.15, -0.1) is 0 Å². The summed E-state index contributed by atoms with van der Waals surface area (Å²) < 4.78 is 0.972. The fourth-order valence-electron chi connectivity index (χ4n) is 1.30. The highest BCUT2D eigenvalue weighted by Gasteiger charge is 2.05. The maximum atomic E-state index is 11.5. The van der Waals surface area contributed by atoms with E-state index >= 15 is 0 Å². The molecule has 0 heterocycles. The molecule has 0 fully saturated rings. The van der Waals surface area contributed by atoms with Gasteiger partial charge in [-0.05, 0) is 36.6 Å². The van der Waals surface area contributed by atoms with Crippen molar-refractivity contribution in [2.24, 2.45) is 5.92 Å². The summed E-state index contributed by atoms with van der Waals surface area (Å²) in [6.45, 7) is 2.69. The summed E-state index contributed by atoms with van der Waals surface area (Å²) >= 11 is 3.33. The molecule has 0 aliphatic rings. The van der Waals surface area contributed by atoms with Crippen molar-refractivity contribution in [1.29, 1.82) is 0 Å². The van der Waals surface area contributed by atoms with Gasteiger partial charge in [0.25, 0.3) is 0 Å². The Bertz CT molecular complexity index is 354. The lowest BCUT2D eigenvalue weighted by molar-refractivity contribution is 0.243. The first kappa shape index (κ1) is 14.0. The highest BCUT2D eigenvalue weighted by atomic mass is 79.9. The van der Waals surface area contributed by atoms with Gasteiger partial charge in [-0.25, -0.2) is 4.79 Å². The van der Waals surface area contributed by atoms with Crippen LogP contribution in [0.4, 0.5) is 10.5 Å². The molecule has 5 heteroatoms. The lowest BCUT2D eigenvalue weighted by Crippen LogP contribution is -2.32. The second-order valence-electron chi connectivity index (χ2n) is 3.96. The Morgan fingerprint density at radius 2 is 2.06 bits per heavy atom. The molecule has 1 aromatic carbocycles. The quantitative estimate of drug-likeness (QED) is 0.783. The Hall–Kier alpha value is -1.07. The lowest BCUT2D eigenvalue weighted by Gasteiger charge is -2.12. The molecule has 1 unspecified atom stereocenters. The molecule has 0 aromatic heterocycles. The summed E-state index contributed by atoms with van der Waals surface area (Å²) in [5.41, 5.74) is 0.750. The second-order valence-corrected chi connectivity index (χ2v) is 4.88. The molecule has 94 valence electrons. The molecule has 1 atom stereocenters. The fourth-order valence-corrected chi connectivity index (χ4v) is 1.56. The number of benzene rings is 1. The predicted molar refractivity (Wildman–Crippen MR) is 72.0 cm³/mol. The van der Waals surface area contributed by atoms with E-state index in [4.69, 9.17) is 5.11 Å². The van der Waals surface area contributed by atoms with Crippen LogP contribution in [0.3, 0.4) is 0 Å². The number of urea groups is 1. The van der Waals surface area contributed by atoms with Gasteiger partial charge in [-0.1, -0.05) is 22.9 Å². The predicted octanol–water partition coefficient (Wildman–Crippen LogP) is 2.59. The van der Waals surface area contributed by atoms with Gasteiger partial charge in [0.05, 0.1) is 0 Å². The molecule has 0 radical (unpaired) electrons. The van der Waals surface area contributed by atoms with Gasteiger partial charge in [0.2, 0.25) is 0 Å². The topological polar surface area (TPSA) is 61.4 Å². The average molecular weight is 301 g/mol. The van der Waals surface area contributed by atoms with E-state index in [0.717, 1.165) is 10.2 Å². The van der Waals surface area contributed by atoms with Crippen LogP contribution in [0.2, 0.25) is 0 Å². The summed E-state index contributed by atoms with van der Waals surface area (Å²) in [5, 5.41) is 14.2. The molecule has 1 aromatic rings. The molecular weight excluding hydrogens is 284 g/mol. The summed E-state index contributed by atoms with van der Waals surface area (Å²) in [6, 6.07) is 7.15. The number of anilines is 1. The molecule has 17 heavy (non-hydrogen) atoms. The van der Waals surface area contributed by atoms with Crippen molar-refractivity contribution in [2.45, 2.75) is 13.3 Å². The van der Waals surface area contributed by atoms with Crippen molar-refractivity contribution in [3.05, 3.63) is 28.7 Å². The molecule has 1 rings (SSSR count). The van der Waals surface area contributed by atoms with Crippen LogP contribution in [0, 0.1) is 5.92 Å². The molecule has 2 amide bonds. The highest BCUT2D eigenvalue weighted by molar-refractivity contribution is 9.10. The zero-order valence-electron chi connectivity index (χ0n) is 9.74. The summed E-state index contributed by atoms with van der Waals surface area (Å²) in [7, 11) is 0. The van der Waals surface area contributed by atoms with Crippen LogP contribution in [0.15, 0.2) is 28.7 Å². The van der Waals surface area contributed by atoms with Crippen LogP contribution in [-0.4, -0.2) is 24.3 Å². The Kier molecular flexibility index (Phi) is 6.00. The largest absolute Gasteiger partial charge is 0.396 e. The van der Waals surface area contributed by atoms with Crippen molar-refractivity contribution < 1.29 is 9.90 Å². The number of hydrogen-bond donors (Lipinski definition) is 3. The lowest BCUT2D eigenvalue weighted by atomic mass is 10.1. The van der Waals surface area contributed by atoms with E-state index in [0.29, 0.717) is 13.0 Å². The van der Waals surface area contributed by atoms with Crippen molar-refractivity contribution in [3.8, 4) is 0 Å². The van der Waals surface area contributed by atoms with Gasteiger partial charge in [0.1, 0.15) is 0 Å². The molecule has 0 bridgehead atoms. The fraction of sp³-hybridized carbons (Fsp3) is 0.417. The minimum absolute atomic E-state index is 0.150. The maximum absolute atomic E-state index is 11.5. The second kappa shape index (κ2) is 7.29. The van der Waals surface area contributed by atoms with Crippen molar-refractivity contribution >= 4 is 27.6 Å². The molecule has 0 aliphatic carbocycles. The number of amides is 2. The number of rotatable bonds is 5. The van der Waals surface area contributed by atoms with Crippen molar-refractivity contribution in [3.63, 3.8) is 0 Å². The third-order valence-electron chi connectivity index (χ3n) is 2.34. The Morgan fingerprint density at radius 1 is 1.41 bits per heavy atom. The third-order valence-corrected chi connectivity index (χ3v) is 2.86. The van der Waals surface area contributed by atoms with E-state index in [-0.39, 0.29) is 18.6 Å². The van der Waals surface area contributed by atoms with Gasteiger partial charge in [0, 0.05) is 23.3 Å². The smallest absolute Gasteiger partial charge is 0.319 e. The molecule has 0 spiro atoms. The summed E-state index contributed by atoms with van der Waals surface area (Å²) in [6.07, 6.45) is 0.693. The Morgan fingerprint density at radius 3 is 2.65 bits per heavy atom. The molecule has 4 nitrogen and oxygen atoms in total. The Labute approximate surface area is 110 Å². The molecule has 3 N–H and O–H groups in total. The number of aliphatic hydroxyl groups is 1. The van der Waals surface area contributed by atoms with Crippen LogP contribution < -0.4 is 10.6 Å². The number of nitrogens with one attached hydrogen (secondary N) is 2. The number of aliphatic hydroxyl groups excluding tert-OH is 1. The first-order valence-corrected chi connectivity index (χ1v) is 6.32. The molecule has 0 saturated heterocycles. The van der Waals surface area contributed by atoms with Gasteiger partial charge in [-0.2, -0.15) is 0 Å². The van der Waals surface area contributed by atoms with E-state index in [1.54, 1.807) is 0 Å². The van der Waals surface area contributed by atoms with Gasteiger partial charge in [0.15, 0.2) is 0 Å². The minimum atomic E-state index is -0.225. The first-order valence-electron chi connectivity index (χ1n) is 5.53. The Balaban J connectivity index is 2.32. The summed E-state index contributed by atoms with van der Waals surface area (Å²) in [5.74, 6) is 0.274. The monoisotopic (exact) mass is 300 g/mol. The summed E-state index contributed by atoms with van der Waals surface area (Å²) in [4.78, 5) is 11.5. The zero-order chi connectivity index (χ0) is 12.7.